The molecule has 2 heterocycles. The number of methoxy groups -OCH3 is 1. The van der Waals surface area contributed by atoms with Gasteiger partial charge in [0.2, 0.25) is 10.0 Å². The summed E-state index contributed by atoms with van der Waals surface area (Å²) in [7, 11) is -0.340. The summed E-state index contributed by atoms with van der Waals surface area (Å²) in [6.45, 7) is 0.0957. The summed E-state index contributed by atoms with van der Waals surface area (Å²) in [5.41, 5.74) is 2.48. The van der Waals surface area contributed by atoms with E-state index in [1.165, 1.54) is 19.2 Å². The van der Waals surface area contributed by atoms with Gasteiger partial charge >= 0.3 is 0 Å². The first-order chi connectivity index (χ1) is 12.0. The second-order valence-electron chi connectivity index (χ2n) is 5.38. The summed E-state index contributed by atoms with van der Waals surface area (Å²) in [4.78, 5) is 4.14. The van der Waals surface area contributed by atoms with Gasteiger partial charge in [-0.3, -0.25) is 9.67 Å². The van der Waals surface area contributed by atoms with Gasteiger partial charge in [-0.2, -0.15) is 5.10 Å². The molecular weight excluding hydrogens is 340 g/mol. The predicted molar refractivity (Wildman–Crippen MR) is 93.5 cm³/mol. The quantitative estimate of drug-likeness (QED) is 0.728. The first-order valence-corrected chi connectivity index (χ1v) is 9.05. The van der Waals surface area contributed by atoms with E-state index in [0.29, 0.717) is 11.4 Å². The number of pyridine rings is 1. The van der Waals surface area contributed by atoms with Crippen molar-refractivity contribution in [2.45, 2.75) is 11.4 Å². The minimum Gasteiger partial charge on any atom is -0.497 e. The smallest absolute Gasteiger partial charge is 0.241 e. The molecule has 1 N–H and O–H groups in total. The Bertz CT molecular complexity index is 969. The monoisotopic (exact) mass is 358 g/mol. The number of benzene rings is 1. The molecule has 0 saturated heterocycles. The fourth-order valence-corrected chi connectivity index (χ4v) is 3.46. The van der Waals surface area contributed by atoms with Crippen molar-refractivity contribution in [2.75, 3.05) is 7.11 Å². The zero-order chi connectivity index (χ0) is 17.9. The Hall–Kier alpha value is -2.71. The molecule has 0 aliphatic rings. The predicted octanol–water partition coefficient (Wildman–Crippen LogP) is 1.97. The summed E-state index contributed by atoms with van der Waals surface area (Å²) in [6, 6.07) is 11.9. The molecule has 25 heavy (non-hydrogen) atoms. The molecule has 0 aliphatic heterocycles. The molecule has 3 aromatic rings. The van der Waals surface area contributed by atoms with Crippen LogP contribution in [0.3, 0.4) is 0 Å². The molecule has 8 heteroatoms. The van der Waals surface area contributed by atoms with E-state index in [1.807, 2.05) is 25.2 Å². The topological polar surface area (TPSA) is 86.1 Å². The van der Waals surface area contributed by atoms with Crippen LogP contribution in [0.1, 0.15) is 5.69 Å². The molecule has 0 bridgehead atoms. The van der Waals surface area contributed by atoms with E-state index in [4.69, 9.17) is 4.74 Å². The molecule has 0 atom stereocenters. The fourth-order valence-electron chi connectivity index (χ4n) is 2.43. The maximum atomic E-state index is 12.4. The molecule has 0 radical (unpaired) electrons. The van der Waals surface area contributed by atoms with Gasteiger partial charge in [0.25, 0.3) is 0 Å². The van der Waals surface area contributed by atoms with Crippen LogP contribution in [0, 0.1) is 0 Å². The number of aromatic nitrogens is 3. The van der Waals surface area contributed by atoms with E-state index in [1.54, 1.807) is 29.2 Å². The Kier molecular flexibility index (Phi) is 4.82. The summed E-state index contributed by atoms with van der Waals surface area (Å²) in [6.07, 6.45) is 3.40. The van der Waals surface area contributed by atoms with E-state index in [0.717, 1.165) is 11.3 Å². The molecule has 3 rings (SSSR count). The third-order valence-corrected chi connectivity index (χ3v) is 5.10. The zero-order valence-electron chi connectivity index (χ0n) is 13.9. The highest BCUT2D eigenvalue weighted by atomic mass is 32.2. The summed E-state index contributed by atoms with van der Waals surface area (Å²) in [5.74, 6) is 0.487. The van der Waals surface area contributed by atoms with Gasteiger partial charge in [-0.05, 0) is 30.3 Å². The van der Waals surface area contributed by atoms with Crippen LogP contribution < -0.4 is 9.46 Å². The van der Waals surface area contributed by atoms with Crippen LogP contribution in [0.25, 0.3) is 11.3 Å². The van der Waals surface area contributed by atoms with Crippen molar-refractivity contribution >= 4 is 10.0 Å². The second kappa shape index (κ2) is 7.04. The van der Waals surface area contributed by atoms with Crippen LogP contribution in [0.4, 0.5) is 0 Å². The van der Waals surface area contributed by atoms with Gasteiger partial charge in [0.1, 0.15) is 5.75 Å². The third-order valence-electron chi connectivity index (χ3n) is 3.70. The number of aryl methyl sites for hydroxylation is 1. The van der Waals surface area contributed by atoms with E-state index in [9.17, 15) is 8.42 Å². The molecule has 130 valence electrons. The van der Waals surface area contributed by atoms with Crippen LogP contribution in [-0.4, -0.2) is 30.3 Å². The Balaban J connectivity index is 1.77. The number of nitrogens with one attached hydrogen (secondary N) is 1. The SMILES string of the molecule is COc1cccc(S(=O)(=O)NCc2cc(-c3ccncc3)n(C)n2)c1. The van der Waals surface area contributed by atoms with Crippen molar-refractivity contribution in [3.63, 3.8) is 0 Å². The highest BCUT2D eigenvalue weighted by molar-refractivity contribution is 7.89. The van der Waals surface area contributed by atoms with Crippen LogP contribution in [0.15, 0.2) is 59.8 Å². The van der Waals surface area contributed by atoms with Crippen molar-refractivity contribution in [2.24, 2.45) is 7.05 Å². The zero-order valence-corrected chi connectivity index (χ0v) is 14.7. The van der Waals surface area contributed by atoms with Gasteiger partial charge in [0.15, 0.2) is 0 Å². The molecule has 0 aliphatic carbocycles. The van der Waals surface area contributed by atoms with Gasteiger partial charge < -0.3 is 4.74 Å². The average Bonchev–Trinajstić information content (AvgIpc) is 3.02. The van der Waals surface area contributed by atoms with Crippen LogP contribution in [0.2, 0.25) is 0 Å². The molecule has 0 amide bonds. The number of rotatable bonds is 6. The number of hydrogen-bond donors (Lipinski definition) is 1. The Labute approximate surface area is 146 Å². The minimum absolute atomic E-state index is 0.0957. The maximum Gasteiger partial charge on any atom is 0.241 e. The Morgan fingerprint density at radius 1 is 1.16 bits per heavy atom. The lowest BCUT2D eigenvalue weighted by molar-refractivity contribution is 0.413. The van der Waals surface area contributed by atoms with Gasteiger partial charge in [-0.15, -0.1) is 0 Å². The Morgan fingerprint density at radius 3 is 2.64 bits per heavy atom. The molecule has 2 aromatic heterocycles. The van der Waals surface area contributed by atoms with E-state index in [-0.39, 0.29) is 11.4 Å². The summed E-state index contributed by atoms with van der Waals surface area (Å²) in [5, 5.41) is 4.36. The van der Waals surface area contributed by atoms with Crippen molar-refractivity contribution in [1.82, 2.24) is 19.5 Å². The number of hydrogen-bond acceptors (Lipinski definition) is 5. The number of nitrogens with zero attached hydrogens (tertiary/aromatic N) is 3. The third kappa shape index (κ3) is 3.86. The van der Waals surface area contributed by atoms with E-state index >= 15 is 0 Å². The largest absolute Gasteiger partial charge is 0.497 e. The molecule has 0 spiro atoms. The lowest BCUT2D eigenvalue weighted by Crippen LogP contribution is -2.23. The fraction of sp³-hybridized carbons (Fsp3) is 0.176. The van der Waals surface area contributed by atoms with Gasteiger partial charge in [0, 0.05) is 31.1 Å². The van der Waals surface area contributed by atoms with Crippen LogP contribution in [-0.2, 0) is 23.6 Å². The van der Waals surface area contributed by atoms with Crippen molar-refractivity contribution in [1.29, 1.82) is 0 Å². The first-order valence-electron chi connectivity index (χ1n) is 7.56. The van der Waals surface area contributed by atoms with Gasteiger partial charge in [-0.1, -0.05) is 6.07 Å². The van der Waals surface area contributed by atoms with Gasteiger partial charge in [-0.25, -0.2) is 13.1 Å². The lowest BCUT2D eigenvalue weighted by atomic mass is 10.2. The van der Waals surface area contributed by atoms with Crippen molar-refractivity contribution in [3.8, 4) is 17.0 Å². The van der Waals surface area contributed by atoms with Gasteiger partial charge in [0.05, 0.1) is 29.9 Å². The lowest BCUT2D eigenvalue weighted by Gasteiger charge is -2.07. The number of sulfonamides is 1. The summed E-state index contributed by atoms with van der Waals surface area (Å²) >= 11 is 0. The van der Waals surface area contributed by atoms with Crippen molar-refractivity contribution in [3.05, 3.63) is 60.6 Å². The minimum atomic E-state index is -3.65. The highest BCUT2D eigenvalue weighted by Crippen LogP contribution is 2.20. The average molecular weight is 358 g/mol. The standard InChI is InChI=1S/C17H18N4O3S/c1-21-17(13-6-8-18-9-7-13)10-14(20-21)12-19-25(22,23)16-5-3-4-15(11-16)24-2/h3-11,19H,12H2,1-2H3. The maximum absolute atomic E-state index is 12.4. The van der Waals surface area contributed by atoms with E-state index in [2.05, 4.69) is 14.8 Å². The molecular formula is C17H18N4O3S. The van der Waals surface area contributed by atoms with Crippen LogP contribution >= 0.6 is 0 Å². The molecule has 1 aromatic carbocycles. The normalized spacial score (nSPS) is 11.4. The highest BCUT2D eigenvalue weighted by Gasteiger charge is 2.16. The van der Waals surface area contributed by atoms with Crippen molar-refractivity contribution < 1.29 is 13.2 Å². The Morgan fingerprint density at radius 2 is 1.92 bits per heavy atom. The molecule has 7 nitrogen and oxygen atoms in total. The van der Waals surface area contributed by atoms with Crippen LogP contribution in [0.5, 0.6) is 5.75 Å². The summed E-state index contributed by atoms with van der Waals surface area (Å²) < 4.78 is 34.2. The molecule has 0 unspecified atom stereocenters. The molecule has 0 saturated carbocycles. The number of ether oxygens (including phenoxy) is 1. The second-order valence-corrected chi connectivity index (χ2v) is 7.15. The van der Waals surface area contributed by atoms with E-state index < -0.39 is 10.0 Å². The first kappa shape index (κ1) is 17.1. The molecule has 0 fully saturated rings.